The highest BCUT2D eigenvalue weighted by atomic mass is 15.2. The summed E-state index contributed by atoms with van der Waals surface area (Å²) in [5, 5.41) is 3.42. The van der Waals surface area contributed by atoms with E-state index in [0.29, 0.717) is 6.04 Å². The predicted octanol–water partition coefficient (Wildman–Crippen LogP) is 1.72. The number of pyridine rings is 1. The van der Waals surface area contributed by atoms with E-state index < -0.39 is 0 Å². The fraction of sp³-hybridized carbons (Fsp3) is 0.688. The average Bonchev–Trinajstić information content (AvgIpc) is 2.63. The maximum atomic E-state index is 4.61. The third-order valence-electron chi connectivity index (χ3n) is 3.80. The summed E-state index contributed by atoms with van der Waals surface area (Å²) in [6, 6.07) is 4.89. The number of likely N-dealkylation sites (N-methyl/N-ethyl adjacent to an activating group) is 1. The Morgan fingerprint density at radius 3 is 2.75 bits per heavy atom. The van der Waals surface area contributed by atoms with Crippen molar-refractivity contribution in [3.05, 3.63) is 29.6 Å². The monoisotopic (exact) mass is 276 g/mol. The molecule has 1 aromatic heterocycles. The predicted molar refractivity (Wildman–Crippen MR) is 83.6 cm³/mol. The first-order valence-corrected chi connectivity index (χ1v) is 7.71. The minimum absolute atomic E-state index is 0.517. The van der Waals surface area contributed by atoms with Crippen LogP contribution in [-0.2, 0) is 13.1 Å². The van der Waals surface area contributed by atoms with Gasteiger partial charge in [-0.15, -0.1) is 0 Å². The van der Waals surface area contributed by atoms with Crippen LogP contribution in [0.1, 0.15) is 31.5 Å². The van der Waals surface area contributed by atoms with E-state index in [4.69, 9.17) is 0 Å². The lowest BCUT2D eigenvalue weighted by atomic mass is 10.2. The summed E-state index contributed by atoms with van der Waals surface area (Å²) in [6.45, 7) is 10.9. The van der Waals surface area contributed by atoms with Crippen LogP contribution in [0.15, 0.2) is 18.3 Å². The molecule has 2 heterocycles. The highest BCUT2D eigenvalue weighted by molar-refractivity contribution is 5.14. The van der Waals surface area contributed by atoms with Crippen LogP contribution in [-0.4, -0.2) is 54.1 Å². The van der Waals surface area contributed by atoms with Crippen molar-refractivity contribution in [2.24, 2.45) is 0 Å². The molecule has 0 atom stereocenters. The molecule has 0 saturated carbocycles. The van der Waals surface area contributed by atoms with Crippen molar-refractivity contribution in [3.8, 4) is 0 Å². The quantitative estimate of drug-likeness (QED) is 0.887. The molecule has 112 valence electrons. The van der Waals surface area contributed by atoms with Gasteiger partial charge in [0.15, 0.2) is 0 Å². The summed E-state index contributed by atoms with van der Waals surface area (Å²) in [5.41, 5.74) is 2.45. The van der Waals surface area contributed by atoms with Crippen molar-refractivity contribution < 1.29 is 0 Å². The van der Waals surface area contributed by atoms with Gasteiger partial charge >= 0.3 is 0 Å². The van der Waals surface area contributed by atoms with Crippen molar-refractivity contribution in [1.82, 2.24) is 20.1 Å². The molecule has 1 aromatic rings. The van der Waals surface area contributed by atoms with Crippen molar-refractivity contribution >= 4 is 0 Å². The molecule has 1 aliphatic heterocycles. The van der Waals surface area contributed by atoms with E-state index in [2.05, 4.69) is 53.1 Å². The van der Waals surface area contributed by atoms with Crippen LogP contribution < -0.4 is 5.32 Å². The number of rotatable bonds is 5. The Kier molecular flexibility index (Phi) is 5.95. The molecule has 4 nitrogen and oxygen atoms in total. The van der Waals surface area contributed by atoms with Gasteiger partial charge in [-0.2, -0.15) is 0 Å². The average molecular weight is 276 g/mol. The number of hydrogen-bond acceptors (Lipinski definition) is 4. The Morgan fingerprint density at radius 2 is 2.05 bits per heavy atom. The van der Waals surface area contributed by atoms with Gasteiger partial charge in [0.25, 0.3) is 0 Å². The number of aromatic nitrogens is 1. The van der Waals surface area contributed by atoms with E-state index >= 15 is 0 Å². The van der Waals surface area contributed by atoms with Crippen LogP contribution in [0.4, 0.5) is 0 Å². The van der Waals surface area contributed by atoms with Crippen molar-refractivity contribution in [3.63, 3.8) is 0 Å². The third kappa shape index (κ3) is 5.19. The Hall–Kier alpha value is -0.970. The fourth-order valence-corrected chi connectivity index (χ4v) is 2.46. The molecule has 1 N–H and O–H groups in total. The molecule has 20 heavy (non-hydrogen) atoms. The van der Waals surface area contributed by atoms with E-state index in [1.807, 2.05) is 6.20 Å². The van der Waals surface area contributed by atoms with Crippen LogP contribution in [0.25, 0.3) is 0 Å². The summed E-state index contributed by atoms with van der Waals surface area (Å²) >= 11 is 0. The molecule has 0 spiro atoms. The van der Waals surface area contributed by atoms with Gasteiger partial charge in [-0.05, 0) is 38.2 Å². The van der Waals surface area contributed by atoms with Gasteiger partial charge in [-0.3, -0.25) is 9.88 Å². The molecule has 1 aliphatic rings. The summed E-state index contributed by atoms with van der Waals surface area (Å²) < 4.78 is 0. The minimum Gasteiger partial charge on any atom is -0.310 e. The second kappa shape index (κ2) is 7.72. The topological polar surface area (TPSA) is 31.4 Å². The van der Waals surface area contributed by atoms with Crippen molar-refractivity contribution in [2.75, 3.05) is 33.2 Å². The summed E-state index contributed by atoms with van der Waals surface area (Å²) in [7, 11) is 2.21. The van der Waals surface area contributed by atoms with Crippen LogP contribution >= 0.6 is 0 Å². The lowest BCUT2D eigenvalue weighted by Gasteiger charge is -2.19. The molecule has 1 saturated heterocycles. The Morgan fingerprint density at radius 1 is 1.20 bits per heavy atom. The van der Waals surface area contributed by atoms with Gasteiger partial charge in [-0.25, -0.2) is 0 Å². The molecule has 1 fully saturated rings. The Balaban J connectivity index is 1.83. The molecule has 4 heteroatoms. The number of nitrogens with one attached hydrogen (secondary N) is 1. The summed E-state index contributed by atoms with van der Waals surface area (Å²) in [6.07, 6.45) is 3.27. The molecule has 0 unspecified atom stereocenters. The van der Waals surface area contributed by atoms with Gasteiger partial charge in [0.2, 0.25) is 0 Å². The largest absolute Gasteiger partial charge is 0.310 e. The van der Waals surface area contributed by atoms with E-state index in [1.165, 1.54) is 30.8 Å². The molecule has 0 radical (unpaired) electrons. The zero-order chi connectivity index (χ0) is 14.4. The van der Waals surface area contributed by atoms with E-state index in [0.717, 1.165) is 26.2 Å². The highest BCUT2D eigenvalue weighted by Gasteiger charge is 2.12. The van der Waals surface area contributed by atoms with Crippen molar-refractivity contribution in [2.45, 2.75) is 39.4 Å². The van der Waals surface area contributed by atoms with Gasteiger partial charge in [0.1, 0.15) is 0 Å². The molecule has 0 aliphatic carbocycles. The SMILES string of the molecule is CC(C)NCc1ccc(CN2CCCN(C)CC2)nc1. The Labute approximate surface area is 123 Å². The summed E-state index contributed by atoms with van der Waals surface area (Å²) in [5.74, 6) is 0. The van der Waals surface area contributed by atoms with Gasteiger partial charge in [-0.1, -0.05) is 19.9 Å². The van der Waals surface area contributed by atoms with Crippen LogP contribution in [0, 0.1) is 0 Å². The zero-order valence-electron chi connectivity index (χ0n) is 13.1. The molecule has 0 bridgehead atoms. The maximum Gasteiger partial charge on any atom is 0.0544 e. The van der Waals surface area contributed by atoms with E-state index in [1.54, 1.807) is 0 Å². The lowest BCUT2D eigenvalue weighted by Crippen LogP contribution is -2.28. The lowest BCUT2D eigenvalue weighted by molar-refractivity contribution is 0.266. The normalized spacial score (nSPS) is 18.4. The zero-order valence-corrected chi connectivity index (χ0v) is 13.1. The second-order valence-electron chi connectivity index (χ2n) is 6.13. The smallest absolute Gasteiger partial charge is 0.0544 e. The highest BCUT2D eigenvalue weighted by Crippen LogP contribution is 2.07. The van der Waals surface area contributed by atoms with Crippen LogP contribution in [0.5, 0.6) is 0 Å². The first-order valence-electron chi connectivity index (χ1n) is 7.71. The van der Waals surface area contributed by atoms with Gasteiger partial charge in [0.05, 0.1) is 5.69 Å². The Bertz CT molecular complexity index is 388. The van der Waals surface area contributed by atoms with Gasteiger partial charge in [0, 0.05) is 38.4 Å². The number of hydrogen-bond donors (Lipinski definition) is 1. The maximum absolute atomic E-state index is 4.61. The van der Waals surface area contributed by atoms with Crippen LogP contribution in [0.2, 0.25) is 0 Å². The van der Waals surface area contributed by atoms with E-state index in [-0.39, 0.29) is 0 Å². The minimum atomic E-state index is 0.517. The summed E-state index contributed by atoms with van der Waals surface area (Å²) in [4.78, 5) is 9.53. The number of nitrogens with zero attached hydrogens (tertiary/aromatic N) is 3. The molecular formula is C16H28N4. The second-order valence-corrected chi connectivity index (χ2v) is 6.13. The van der Waals surface area contributed by atoms with Gasteiger partial charge < -0.3 is 10.2 Å². The van der Waals surface area contributed by atoms with Crippen LogP contribution in [0.3, 0.4) is 0 Å². The molecule has 0 amide bonds. The fourth-order valence-electron chi connectivity index (χ4n) is 2.46. The first kappa shape index (κ1) is 15.4. The van der Waals surface area contributed by atoms with E-state index in [9.17, 15) is 0 Å². The molecule has 0 aromatic carbocycles. The third-order valence-corrected chi connectivity index (χ3v) is 3.80. The molecule has 2 rings (SSSR count). The molecular weight excluding hydrogens is 248 g/mol. The standard InChI is InChI=1S/C16H28N4/c1-14(2)17-11-15-5-6-16(18-12-15)13-20-8-4-7-19(3)9-10-20/h5-6,12,14,17H,4,7-11,13H2,1-3H3. The van der Waals surface area contributed by atoms with Crippen molar-refractivity contribution in [1.29, 1.82) is 0 Å². The first-order chi connectivity index (χ1) is 9.63.